The first-order chi connectivity index (χ1) is 8.69. The van der Waals surface area contributed by atoms with Crippen LogP contribution in [0, 0.1) is 5.92 Å². The average molecular weight is 288 g/mol. The highest BCUT2D eigenvalue weighted by atomic mass is 35.5. The van der Waals surface area contributed by atoms with Gasteiger partial charge in [0.05, 0.1) is 0 Å². The van der Waals surface area contributed by atoms with Crippen molar-refractivity contribution in [2.75, 3.05) is 25.6 Å². The number of alkyl halides is 1. The quantitative estimate of drug-likeness (QED) is 0.797. The van der Waals surface area contributed by atoms with Crippen LogP contribution in [-0.2, 0) is 4.79 Å². The fourth-order valence-electron chi connectivity index (χ4n) is 1.98. The van der Waals surface area contributed by atoms with Crippen LogP contribution in [0.25, 0.3) is 0 Å². The summed E-state index contributed by atoms with van der Waals surface area (Å²) in [7, 11) is 0. The summed E-state index contributed by atoms with van der Waals surface area (Å²) in [5, 5.41) is 0.600. The van der Waals surface area contributed by atoms with Gasteiger partial charge in [-0.1, -0.05) is 17.7 Å². The Balaban J connectivity index is 1.82. The highest BCUT2D eigenvalue weighted by Crippen LogP contribution is 2.19. The Morgan fingerprint density at radius 2 is 2.33 bits per heavy atom. The predicted octanol–water partition coefficient (Wildman–Crippen LogP) is 2.81. The van der Waals surface area contributed by atoms with E-state index in [2.05, 4.69) is 0 Å². The summed E-state index contributed by atoms with van der Waals surface area (Å²) in [6, 6.07) is 7.04. The minimum atomic E-state index is 0.00240. The SMILES string of the molecule is O=C(COc1cccc(Cl)c1)N1CCC(CCl)C1. The van der Waals surface area contributed by atoms with E-state index in [4.69, 9.17) is 27.9 Å². The summed E-state index contributed by atoms with van der Waals surface area (Å²) in [5.74, 6) is 1.65. The van der Waals surface area contributed by atoms with Gasteiger partial charge in [0.15, 0.2) is 6.61 Å². The molecule has 0 aromatic heterocycles. The molecule has 0 radical (unpaired) electrons. The Morgan fingerprint density at radius 3 is 3.00 bits per heavy atom. The number of halogens is 2. The summed E-state index contributed by atoms with van der Waals surface area (Å²) in [6.07, 6.45) is 0.979. The molecule has 0 saturated carbocycles. The van der Waals surface area contributed by atoms with Gasteiger partial charge in [-0.25, -0.2) is 0 Å². The first-order valence-corrected chi connectivity index (χ1v) is 6.82. The van der Waals surface area contributed by atoms with Crippen molar-refractivity contribution in [2.24, 2.45) is 5.92 Å². The molecule has 1 atom stereocenters. The number of carbonyl (C=O) groups excluding carboxylic acids is 1. The van der Waals surface area contributed by atoms with Crippen molar-refractivity contribution in [3.05, 3.63) is 29.3 Å². The Hall–Kier alpha value is -0.930. The van der Waals surface area contributed by atoms with Crippen molar-refractivity contribution in [1.29, 1.82) is 0 Å². The maximum absolute atomic E-state index is 11.9. The molecule has 1 aromatic rings. The first kappa shape index (κ1) is 13.5. The van der Waals surface area contributed by atoms with Crippen LogP contribution < -0.4 is 4.74 Å². The summed E-state index contributed by atoms with van der Waals surface area (Å²) in [4.78, 5) is 13.7. The molecule has 1 fully saturated rings. The second-order valence-electron chi connectivity index (χ2n) is 4.39. The molecule has 98 valence electrons. The largest absolute Gasteiger partial charge is 0.484 e. The van der Waals surface area contributed by atoms with E-state index in [1.165, 1.54) is 0 Å². The predicted molar refractivity (Wildman–Crippen MR) is 72.4 cm³/mol. The van der Waals surface area contributed by atoms with Gasteiger partial charge in [0, 0.05) is 24.0 Å². The zero-order valence-electron chi connectivity index (χ0n) is 9.94. The van der Waals surface area contributed by atoms with Gasteiger partial charge in [0.25, 0.3) is 5.91 Å². The zero-order valence-corrected chi connectivity index (χ0v) is 11.5. The van der Waals surface area contributed by atoms with Crippen LogP contribution in [0.4, 0.5) is 0 Å². The Morgan fingerprint density at radius 1 is 1.50 bits per heavy atom. The highest BCUT2D eigenvalue weighted by molar-refractivity contribution is 6.30. The minimum Gasteiger partial charge on any atom is -0.484 e. The third-order valence-corrected chi connectivity index (χ3v) is 3.69. The van der Waals surface area contributed by atoms with Crippen molar-refractivity contribution >= 4 is 29.1 Å². The molecule has 1 aliphatic heterocycles. The zero-order chi connectivity index (χ0) is 13.0. The number of amides is 1. The second kappa shape index (κ2) is 6.30. The number of rotatable bonds is 4. The van der Waals surface area contributed by atoms with E-state index < -0.39 is 0 Å². The molecule has 1 saturated heterocycles. The third-order valence-electron chi connectivity index (χ3n) is 3.02. The topological polar surface area (TPSA) is 29.5 Å². The molecule has 1 aromatic carbocycles. The molecule has 0 bridgehead atoms. The molecule has 18 heavy (non-hydrogen) atoms. The number of hydrogen-bond donors (Lipinski definition) is 0. The molecule has 2 rings (SSSR count). The Labute approximate surface area is 117 Å². The van der Waals surface area contributed by atoms with Gasteiger partial charge in [-0.3, -0.25) is 4.79 Å². The van der Waals surface area contributed by atoms with Gasteiger partial charge < -0.3 is 9.64 Å². The van der Waals surface area contributed by atoms with Crippen LogP contribution in [0.5, 0.6) is 5.75 Å². The molecule has 5 heteroatoms. The van der Waals surface area contributed by atoms with E-state index in [-0.39, 0.29) is 12.5 Å². The lowest BCUT2D eigenvalue weighted by Crippen LogP contribution is -2.33. The lowest BCUT2D eigenvalue weighted by atomic mass is 10.2. The van der Waals surface area contributed by atoms with Crippen LogP contribution in [0.3, 0.4) is 0 Å². The standard InChI is InChI=1S/C13H15Cl2NO2/c14-7-10-4-5-16(8-10)13(17)9-18-12-3-1-2-11(15)6-12/h1-3,6,10H,4-5,7-9H2. The highest BCUT2D eigenvalue weighted by Gasteiger charge is 2.25. The molecule has 3 nitrogen and oxygen atoms in total. The number of ether oxygens (including phenoxy) is 1. The number of benzene rings is 1. The van der Waals surface area contributed by atoms with Crippen molar-refractivity contribution in [3.63, 3.8) is 0 Å². The third kappa shape index (κ3) is 3.53. The maximum atomic E-state index is 11.9. The molecule has 1 unspecified atom stereocenters. The van der Waals surface area contributed by atoms with Crippen molar-refractivity contribution in [2.45, 2.75) is 6.42 Å². The molecular weight excluding hydrogens is 273 g/mol. The second-order valence-corrected chi connectivity index (χ2v) is 5.14. The van der Waals surface area contributed by atoms with E-state index in [0.29, 0.717) is 22.6 Å². The number of likely N-dealkylation sites (tertiary alicyclic amines) is 1. The first-order valence-electron chi connectivity index (χ1n) is 5.91. The van der Waals surface area contributed by atoms with E-state index in [0.717, 1.165) is 19.5 Å². The van der Waals surface area contributed by atoms with Crippen LogP contribution in [-0.4, -0.2) is 36.4 Å². The number of nitrogens with zero attached hydrogens (tertiary/aromatic N) is 1. The monoisotopic (exact) mass is 287 g/mol. The van der Waals surface area contributed by atoms with Crippen LogP contribution >= 0.6 is 23.2 Å². The maximum Gasteiger partial charge on any atom is 0.260 e. The number of carbonyl (C=O) groups is 1. The lowest BCUT2D eigenvalue weighted by molar-refractivity contribution is -0.132. The molecule has 0 N–H and O–H groups in total. The lowest BCUT2D eigenvalue weighted by Gasteiger charge is -2.16. The van der Waals surface area contributed by atoms with Gasteiger partial charge in [-0.15, -0.1) is 11.6 Å². The summed E-state index contributed by atoms with van der Waals surface area (Å²) in [5.41, 5.74) is 0. The normalized spacial score (nSPS) is 19.0. The minimum absolute atomic E-state index is 0.00240. The fourth-order valence-corrected chi connectivity index (χ4v) is 2.41. The van der Waals surface area contributed by atoms with Gasteiger partial charge >= 0.3 is 0 Å². The Bertz CT molecular complexity index is 425. The van der Waals surface area contributed by atoms with E-state index in [9.17, 15) is 4.79 Å². The van der Waals surface area contributed by atoms with E-state index in [1.54, 1.807) is 29.2 Å². The van der Waals surface area contributed by atoms with Gasteiger partial charge in [0.1, 0.15) is 5.75 Å². The molecule has 1 heterocycles. The van der Waals surface area contributed by atoms with Gasteiger partial charge in [0.2, 0.25) is 0 Å². The van der Waals surface area contributed by atoms with Crippen LogP contribution in [0.1, 0.15) is 6.42 Å². The summed E-state index contributed by atoms with van der Waals surface area (Å²) in [6.45, 7) is 1.56. The summed E-state index contributed by atoms with van der Waals surface area (Å²) < 4.78 is 5.42. The molecule has 1 aliphatic rings. The van der Waals surface area contributed by atoms with Gasteiger partial charge in [-0.2, -0.15) is 0 Å². The summed E-state index contributed by atoms with van der Waals surface area (Å²) >= 11 is 11.6. The number of hydrogen-bond acceptors (Lipinski definition) is 2. The Kier molecular flexibility index (Phi) is 4.72. The molecule has 0 aliphatic carbocycles. The molecule has 0 spiro atoms. The van der Waals surface area contributed by atoms with Crippen molar-refractivity contribution in [3.8, 4) is 5.75 Å². The molecular formula is C13H15Cl2NO2. The average Bonchev–Trinajstić information content (AvgIpc) is 2.85. The smallest absolute Gasteiger partial charge is 0.260 e. The molecule has 1 amide bonds. The van der Waals surface area contributed by atoms with Crippen molar-refractivity contribution < 1.29 is 9.53 Å². The van der Waals surface area contributed by atoms with Crippen LogP contribution in [0.15, 0.2) is 24.3 Å². The van der Waals surface area contributed by atoms with E-state index in [1.807, 2.05) is 0 Å². The van der Waals surface area contributed by atoms with Gasteiger partial charge in [-0.05, 0) is 30.5 Å². The fraction of sp³-hybridized carbons (Fsp3) is 0.462. The van der Waals surface area contributed by atoms with Crippen LogP contribution in [0.2, 0.25) is 5.02 Å². The van der Waals surface area contributed by atoms with E-state index >= 15 is 0 Å². The van der Waals surface area contributed by atoms with Crippen molar-refractivity contribution in [1.82, 2.24) is 4.90 Å².